The third kappa shape index (κ3) is 3.26. The van der Waals surface area contributed by atoms with Gasteiger partial charge < -0.3 is 15.5 Å². The summed E-state index contributed by atoms with van der Waals surface area (Å²) in [5.74, 6) is 2.62. The van der Waals surface area contributed by atoms with Crippen LogP contribution in [0.25, 0.3) is 27.8 Å². The van der Waals surface area contributed by atoms with Crippen molar-refractivity contribution in [3.8, 4) is 11.4 Å². The van der Waals surface area contributed by atoms with Crippen LogP contribution in [0.4, 0.5) is 11.5 Å². The van der Waals surface area contributed by atoms with Gasteiger partial charge in [-0.25, -0.2) is 14.5 Å². The van der Waals surface area contributed by atoms with Gasteiger partial charge in [-0.2, -0.15) is 0 Å². The summed E-state index contributed by atoms with van der Waals surface area (Å²) in [5.41, 5.74) is 9.93. The maximum absolute atomic E-state index is 6.00. The molecule has 6 heterocycles. The molecule has 2 unspecified atom stereocenters. The van der Waals surface area contributed by atoms with Crippen molar-refractivity contribution >= 4 is 27.9 Å². The van der Waals surface area contributed by atoms with E-state index in [1.165, 1.54) is 25.2 Å². The first kappa shape index (κ1) is 19.4. The SMILES string of the molecule is CCc1ncc(-c2nc3ccc(N4CC5CC(CN(C)C5)C4)cn3n2)c2cc(N)ncc12. The van der Waals surface area contributed by atoms with Crippen LogP contribution in [0.5, 0.6) is 0 Å². The Labute approximate surface area is 187 Å². The number of hydrogen-bond acceptors (Lipinski definition) is 7. The summed E-state index contributed by atoms with van der Waals surface area (Å²) in [4.78, 5) is 18.7. The van der Waals surface area contributed by atoms with E-state index in [2.05, 4.69) is 52.1 Å². The Balaban J connectivity index is 1.38. The molecule has 2 saturated heterocycles. The number of fused-ring (bicyclic) bond motifs is 4. The van der Waals surface area contributed by atoms with Crippen molar-refractivity contribution < 1.29 is 0 Å². The summed E-state index contributed by atoms with van der Waals surface area (Å²) in [6, 6.07) is 6.14. The Morgan fingerprint density at radius 3 is 2.62 bits per heavy atom. The van der Waals surface area contributed by atoms with Crippen molar-refractivity contribution in [3.63, 3.8) is 0 Å². The molecule has 6 rings (SSSR count). The lowest BCUT2D eigenvalue weighted by molar-refractivity contribution is 0.133. The first-order chi connectivity index (χ1) is 15.6. The maximum Gasteiger partial charge on any atom is 0.184 e. The van der Waals surface area contributed by atoms with Gasteiger partial charge >= 0.3 is 0 Å². The number of nitrogen functional groups attached to an aromatic ring is 1. The lowest BCUT2D eigenvalue weighted by atomic mass is 9.85. The Morgan fingerprint density at radius 1 is 1.03 bits per heavy atom. The maximum atomic E-state index is 6.00. The highest BCUT2D eigenvalue weighted by atomic mass is 15.3. The van der Waals surface area contributed by atoms with Gasteiger partial charge in [0.05, 0.1) is 11.9 Å². The highest BCUT2D eigenvalue weighted by Gasteiger charge is 2.33. The molecule has 0 aromatic carbocycles. The highest BCUT2D eigenvalue weighted by Crippen LogP contribution is 2.32. The molecular formula is C24H28N8. The van der Waals surface area contributed by atoms with Crippen LogP contribution in [0, 0.1) is 11.8 Å². The molecule has 0 spiro atoms. The third-order valence-corrected chi connectivity index (χ3v) is 6.90. The van der Waals surface area contributed by atoms with Crippen molar-refractivity contribution in [1.82, 2.24) is 29.5 Å². The minimum Gasteiger partial charge on any atom is -0.384 e. The van der Waals surface area contributed by atoms with Crippen molar-refractivity contribution in [2.45, 2.75) is 19.8 Å². The van der Waals surface area contributed by atoms with E-state index in [0.29, 0.717) is 11.6 Å². The number of hydrogen-bond donors (Lipinski definition) is 1. The predicted octanol–water partition coefficient (Wildman–Crippen LogP) is 2.87. The van der Waals surface area contributed by atoms with Gasteiger partial charge in [0.1, 0.15) is 5.82 Å². The minimum absolute atomic E-state index is 0.486. The molecule has 2 bridgehead atoms. The fraction of sp³-hybridized carbons (Fsp3) is 0.417. The number of nitrogens with zero attached hydrogens (tertiary/aromatic N) is 7. The van der Waals surface area contributed by atoms with Crippen LogP contribution in [0.3, 0.4) is 0 Å². The van der Waals surface area contributed by atoms with Gasteiger partial charge in [0.25, 0.3) is 0 Å². The molecule has 4 aromatic rings. The van der Waals surface area contributed by atoms with Crippen molar-refractivity contribution in [1.29, 1.82) is 0 Å². The van der Waals surface area contributed by atoms with Gasteiger partial charge in [0.15, 0.2) is 11.5 Å². The first-order valence-corrected chi connectivity index (χ1v) is 11.4. The van der Waals surface area contributed by atoms with E-state index in [0.717, 1.165) is 59.0 Å². The minimum atomic E-state index is 0.486. The molecule has 2 N–H and O–H groups in total. The molecule has 0 amide bonds. The van der Waals surface area contributed by atoms with E-state index in [-0.39, 0.29) is 0 Å². The standard InChI is InChI=1S/C24H28N8/c1-3-21-19-8-27-22(25)7-18(19)20(9-26-21)24-28-23-5-4-17(14-32(23)29-24)31-12-15-6-16(13-31)11-30(2)10-15/h4-5,7-9,14-16H,3,6,10-13H2,1-2H3,(H2,25,27). The summed E-state index contributed by atoms with van der Waals surface area (Å²) >= 11 is 0. The number of piperidine rings is 2. The number of likely N-dealkylation sites (tertiary alicyclic amines) is 1. The van der Waals surface area contributed by atoms with Gasteiger partial charge in [-0.1, -0.05) is 6.92 Å². The number of anilines is 2. The van der Waals surface area contributed by atoms with Gasteiger partial charge in [-0.05, 0) is 49.9 Å². The fourth-order valence-electron chi connectivity index (χ4n) is 5.59. The second-order valence-corrected chi connectivity index (χ2v) is 9.35. The van der Waals surface area contributed by atoms with Gasteiger partial charge in [0, 0.05) is 60.6 Å². The zero-order valence-electron chi connectivity index (χ0n) is 18.6. The molecule has 2 aliphatic rings. The quantitative estimate of drug-likeness (QED) is 0.537. The molecule has 2 aliphatic heterocycles. The molecule has 0 radical (unpaired) electrons. The van der Waals surface area contributed by atoms with Gasteiger partial charge in [-0.15, -0.1) is 5.10 Å². The second kappa shape index (κ2) is 7.41. The second-order valence-electron chi connectivity index (χ2n) is 9.35. The average Bonchev–Trinajstić information content (AvgIpc) is 3.20. The molecule has 8 nitrogen and oxygen atoms in total. The summed E-state index contributed by atoms with van der Waals surface area (Å²) in [5, 5.41) is 6.82. The molecule has 32 heavy (non-hydrogen) atoms. The zero-order chi connectivity index (χ0) is 21.8. The van der Waals surface area contributed by atoms with Crippen LogP contribution >= 0.6 is 0 Å². The lowest BCUT2D eigenvalue weighted by Crippen LogP contribution is -2.51. The lowest BCUT2D eigenvalue weighted by Gasteiger charge is -2.45. The van der Waals surface area contributed by atoms with Crippen LogP contribution in [0.2, 0.25) is 0 Å². The monoisotopic (exact) mass is 428 g/mol. The van der Waals surface area contributed by atoms with E-state index >= 15 is 0 Å². The molecule has 8 heteroatoms. The normalized spacial score (nSPS) is 21.5. The van der Waals surface area contributed by atoms with E-state index in [1.54, 1.807) is 6.20 Å². The molecular weight excluding hydrogens is 400 g/mol. The van der Waals surface area contributed by atoms with Crippen molar-refractivity contribution in [2.75, 3.05) is 43.9 Å². The molecule has 164 valence electrons. The van der Waals surface area contributed by atoms with Crippen LogP contribution in [0.1, 0.15) is 19.0 Å². The Kier molecular flexibility index (Phi) is 4.50. The van der Waals surface area contributed by atoms with Crippen LogP contribution in [-0.4, -0.2) is 62.7 Å². The molecule has 0 saturated carbocycles. The zero-order valence-corrected chi connectivity index (χ0v) is 18.6. The predicted molar refractivity (Wildman–Crippen MR) is 127 cm³/mol. The van der Waals surface area contributed by atoms with Crippen molar-refractivity contribution in [3.05, 3.63) is 42.5 Å². The Bertz CT molecular complexity index is 1290. The van der Waals surface area contributed by atoms with Crippen molar-refractivity contribution in [2.24, 2.45) is 11.8 Å². The van der Waals surface area contributed by atoms with E-state index < -0.39 is 0 Å². The summed E-state index contributed by atoms with van der Waals surface area (Å²) < 4.78 is 1.89. The fourth-order valence-corrected chi connectivity index (χ4v) is 5.59. The first-order valence-electron chi connectivity index (χ1n) is 11.4. The number of aryl methyl sites for hydroxylation is 1. The Morgan fingerprint density at radius 2 is 1.84 bits per heavy atom. The number of aromatic nitrogens is 5. The number of rotatable bonds is 3. The van der Waals surface area contributed by atoms with E-state index in [9.17, 15) is 0 Å². The van der Waals surface area contributed by atoms with Crippen LogP contribution in [-0.2, 0) is 6.42 Å². The van der Waals surface area contributed by atoms with Crippen LogP contribution in [0.15, 0.2) is 36.8 Å². The third-order valence-electron chi connectivity index (χ3n) is 6.90. The van der Waals surface area contributed by atoms with Gasteiger partial charge in [-0.3, -0.25) is 4.98 Å². The average molecular weight is 429 g/mol. The summed E-state index contributed by atoms with van der Waals surface area (Å²) in [6.45, 7) is 6.68. The molecule has 0 aliphatic carbocycles. The van der Waals surface area contributed by atoms with Gasteiger partial charge in [0.2, 0.25) is 0 Å². The largest absolute Gasteiger partial charge is 0.384 e. The molecule has 2 fully saturated rings. The molecule has 2 atom stereocenters. The number of nitrogens with two attached hydrogens (primary N) is 1. The smallest absolute Gasteiger partial charge is 0.184 e. The number of pyridine rings is 3. The molecule has 4 aromatic heterocycles. The topological polar surface area (TPSA) is 88.5 Å². The highest BCUT2D eigenvalue weighted by molar-refractivity contribution is 5.96. The summed E-state index contributed by atoms with van der Waals surface area (Å²) in [6.07, 6.45) is 7.96. The van der Waals surface area contributed by atoms with Crippen LogP contribution < -0.4 is 10.6 Å². The van der Waals surface area contributed by atoms with E-state index in [4.69, 9.17) is 15.8 Å². The summed E-state index contributed by atoms with van der Waals surface area (Å²) in [7, 11) is 2.24. The van der Waals surface area contributed by atoms with E-state index in [1.807, 2.05) is 16.8 Å². The Hall–Kier alpha value is -3.26.